The Bertz CT molecular complexity index is 1340. The van der Waals surface area contributed by atoms with Crippen molar-refractivity contribution in [1.29, 1.82) is 5.26 Å². The number of aryl methyl sites for hydroxylation is 1. The van der Waals surface area contributed by atoms with Crippen molar-refractivity contribution in [2.75, 3.05) is 26.2 Å². The summed E-state index contributed by atoms with van der Waals surface area (Å²) in [5.41, 5.74) is 8.75. The van der Waals surface area contributed by atoms with Gasteiger partial charge in [-0.3, -0.25) is 9.69 Å². The minimum atomic E-state index is -0.480. The highest BCUT2D eigenvalue weighted by atomic mass is 35.5. The normalized spacial score (nSPS) is 17.0. The molecule has 3 N–H and O–H groups in total. The van der Waals surface area contributed by atoms with E-state index in [1.165, 1.54) is 6.20 Å². The van der Waals surface area contributed by atoms with Gasteiger partial charge in [-0.1, -0.05) is 50.2 Å². The number of piperazine rings is 1. The Hall–Kier alpha value is -4.07. The van der Waals surface area contributed by atoms with Crippen LogP contribution in [-0.4, -0.2) is 63.6 Å². The van der Waals surface area contributed by atoms with Crippen LogP contribution in [-0.2, 0) is 16.6 Å². The van der Waals surface area contributed by atoms with Crippen LogP contribution < -0.4 is 11.1 Å². The molecule has 238 valence electrons. The lowest BCUT2D eigenvalue weighted by atomic mass is 9.90. The third-order valence-electron chi connectivity index (χ3n) is 7.09. The Morgan fingerprint density at radius 2 is 1.98 bits per heavy atom. The van der Waals surface area contributed by atoms with Crippen LogP contribution in [0.4, 0.5) is 4.79 Å². The molecule has 2 heterocycles. The van der Waals surface area contributed by atoms with Gasteiger partial charge in [-0.25, -0.2) is 9.78 Å². The van der Waals surface area contributed by atoms with Crippen LogP contribution in [0.5, 0.6) is 0 Å². The van der Waals surface area contributed by atoms with E-state index < -0.39 is 6.04 Å². The van der Waals surface area contributed by atoms with Crippen molar-refractivity contribution in [2.24, 2.45) is 12.8 Å². The molecule has 1 aromatic heterocycles. The number of amides is 2. The van der Waals surface area contributed by atoms with Crippen molar-refractivity contribution in [3.8, 4) is 6.07 Å². The number of rotatable bonds is 7. The van der Waals surface area contributed by atoms with E-state index in [0.29, 0.717) is 18.1 Å². The lowest BCUT2D eigenvalue weighted by Gasteiger charge is -2.39. The van der Waals surface area contributed by atoms with E-state index in [1.54, 1.807) is 29.6 Å². The Morgan fingerprint density at radius 3 is 2.52 bits per heavy atom. The average Bonchev–Trinajstić information content (AvgIpc) is 3.34. The fraction of sp³-hybridized carbons (Fsp3) is 0.455. The van der Waals surface area contributed by atoms with Crippen LogP contribution in [0.2, 0.25) is 5.02 Å². The molecule has 0 spiro atoms. The minimum Gasteiger partial charge on any atom is -0.447 e. The van der Waals surface area contributed by atoms with Gasteiger partial charge in [0.1, 0.15) is 6.42 Å². The number of aromatic nitrogens is 2. The summed E-state index contributed by atoms with van der Waals surface area (Å²) in [5.74, 6) is -0.344. The molecule has 1 aromatic carbocycles. The molecule has 0 radical (unpaired) electrons. The predicted octanol–water partition coefficient (Wildman–Crippen LogP) is 5.90. The van der Waals surface area contributed by atoms with Crippen LogP contribution in [0, 0.1) is 11.3 Å². The number of carbonyl (C=O) groups excluding carboxylic acids is 2. The number of halogens is 1. The number of allylic oxidation sites excluding steroid dienone is 3. The first-order valence-electron chi connectivity index (χ1n) is 15.0. The summed E-state index contributed by atoms with van der Waals surface area (Å²) in [5, 5.41) is 12.7. The smallest absolute Gasteiger partial charge is 0.410 e. The molecule has 0 unspecified atom stereocenters. The summed E-state index contributed by atoms with van der Waals surface area (Å²) in [7, 11) is 1.88. The highest BCUT2D eigenvalue weighted by Crippen LogP contribution is 2.42. The topological polar surface area (TPSA) is 130 Å². The lowest BCUT2D eigenvalue weighted by molar-refractivity contribution is -0.120. The highest BCUT2D eigenvalue weighted by molar-refractivity contribution is 6.30. The second kappa shape index (κ2) is 18.6. The second-order valence-electron chi connectivity index (χ2n) is 10.3. The zero-order valence-electron chi connectivity index (χ0n) is 26.5. The fourth-order valence-electron chi connectivity index (χ4n) is 5.20. The summed E-state index contributed by atoms with van der Waals surface area (Å²) in [4.78, 5) is 33.4. The molecular weight excluding hydrogens is 578 g/mol. The van der Waals surface area contributed by atoms with Gasteiger partial charge in [0.2, 0.25) is 5.91 Å². The predicted molar refractivity (Wildman–Crippen MR) is 175 cm³/mol. The van der Waals surface area contributed by atoms with Gasteiger partial charge >= 0.3 is 6.09 Å². The van der Waals surface area contributed by atoms with Crippen LogP contribution in [0.25, 0.3) is 5.57 Å². The molecule has 10 nitrogen and oxygen atoms in total. The number of nitrogens with zero attached hydrogens (tertiary/aromatic N) is 5. The summed E-state index contributed by atoms with van der Waals surface area (Å²) in [6.07, 6.45) is 11.4. The van der Waals surface area contributed by atoms with Gasteiger partial charge in [-0.05, 0) is 67.8 Å². The van der Waals surface area contributed by atoms with Gasteiger partial charge in [0.15, 0.2) is 0 Å². The monoisotopic (exact) mass is 623 g/mol. The summed E-state index contributed by atoms with van der Waals surface area (Å²) in [6, 6.07) is 7.51. The van der Waals surface area contributed by atoms with Crippen molar-refractivity contribution < 1.29 is 14.3 Å². The van der Waals surface area contributed by atoms with E-state index in [2.05, 4.69) is 33.9 Å². The SMILES string of the molecule is C=C/C=C\N.CC.CC(C)OC(=O)N1CCN([C@@H]2CCC=C([C@@H](NC(=O)CC#N)c3cncn3C)c3cc(Cl)ccc32)CC1. The number of nitriles is 1. The maximum absolute atomic E-state index is 12.6. The molecule has 44 heavy (non-hydrogen) atoms. The second-order valence-corrected chi connectivity index (χ2v) is 10.8. The van der Waals surface area contributed by atoms with Gasteiger partial charge in [0.05, 0.1) is 36.4 Å². The van der Waals surface area contributed by atoms with E-state index in [1.807, 2.05) is 57.5 Å². The van der Waals surface area contributed by atoms with E-state index in [-0.39, 0.29) is 30.6 Å². The zero-order valence-corrected chi connectivity index (χ0v) is 27.3. The largest absolute Gasteiger partial charge is 0.447 e. The van der Waals surface area contributed by atoms with Crippen molar-refractivity contribution >= 4 is 29.2 Å². The molecule has 4 rings (SSSR count). The van der Waals surface area contributed by atoms with Gasteiger partial charge < -0.3 is 25.3 Å². The van der Waals surface area contributed by atoms with Gasteiger partial charge in [-0.15, -0.1) is 0 Å². The molecule has 0 bridgehead atoms. The number of benzene rings is 1. The van der Waals surface area contributed by atoms with E-state index in [9.17, 15) is 9.59 Å². The van der Waals surface area contributed by atoms with Crippen LogP contribution in [0.1, 0.15) is 75.9 Å². The highest BCUT2D eigenvalue weighted by Gasteiger charge is 2.33. The molecule has 2 amide bonds. The zero-order chi connectivity index (χ0) is 32.6. The summed E-state index contributed by atoms with van der Waals surface area (Å²) in [6.45, 7) is 13.8. The third-order valence-corrected chi connectivity index (χ3v) is 7.33. The first-order chi connectivity index (χ1) is 21.2. The Balaban J connectivity index is 0.000000876. The van der Waals surface area contributed by atoms with Gasteiger partial charge in [-0.2, -0.15) is 5.26 Å². The molecule has 1 aliphatic carbocycles. The number of fused-ring (bicyclic) bond motifs is 1. The van der Waals surface area contributed by atoms with Crippen molar-refractivity contribution in [2.45, 2.75) is 65.1 Å². The average molecular weight is 624 g/mol. The number of nitrogens with two attached hydrogens (primary N) is 1. The number of ether oxygens (including phenoxy) is 1. The van der Waals surface area contributed by atoms with Gasteiger partial charge in [0, 0.05) is 44.3 Å². The maximum atomic E-state index is 12.6. The minimum absolute atomic E-state index is 0.131. The van der Waals surface area contributed by atoms with E-state index in [4.69, 9.17) is 27.3 Å². The Labute approximate surface area is 266 Å². The molecule has 2 aromatic rings. The van der Waals surface area contributed by atoms with Crippen LogP contribution >= 0.6 is 11.6 Å². The summed E-state index contributed by atoms with van der Waals surface area (Å²) >= 11 is 6.49. The van der Waals surface area contributed by atoms with E-state index >= 15 is 0 Å². The summed E-state index contributed by atoms with van der Waals surface area (Å²) < 4.78 is 7.25. The standard InChI is InChI=1S/C27H33ClN6O3.C4H7N.C2H6/c1-18(2)37-27(36)34-13-11-33(12-14-34)23-6-4-5-21(22-15-19(28)7-8-20(22)23)26(31-25(35)9-10-29)24-16-30-17-32(24)3;1-2-3-4-5;1-2/h5,7-8,15-18,23,26H,4,6,9,11-14H2,1-3H3,(H,31,35);2-4H,1,5H2;1-2H3/b;4-3-;/t23-,26-;;/m1../s1. The molecule has 1 aliphatic heterocycles. The third kappa shape index (κ3) is 10.00. The first kappa shape index (κ1) is 36.1. The molecule has 1 saturated heterocycles. The van der Waals surface area contributed by atoms with Crippen LogP contribution in [0.15, 0.2) is 61.7 Å². The Kier molecular flexibility index (Phi) is 15.2. The van der Waals surface area contributed by atoms with Crippen LogP contribution in [0.3, 0.4) is 0 Å². The number of imidazole rings is 1. The van der Waals surface area contributed by atoms with Crippen molar-refractivity contribution in [3.05, 3.63) is 83.6 Å². The molecule has 2 aliphatic rings. The van der Waals surface area contributed by atoms with Crippen molar-refractivity contribution in [3.63, 3.8) is 0 Å². The molecule has 0 saturated carbocycles. The van der Waals surface area contributed by atoms with Crippen molar-refractivity contribution in [1.82, 2.24) is 24.7 Å². The first-order valence-corrected chi connectivity index (χ1v) is 15.4. The molecule has 11 heteroatoms. The quantitative estimate of drug-likeness (QED) is 0.368. The number of nitrogens with one attached hydrogen (secondary N) is 1. The van der Waals surface area contributed by atoms with E-state index in [0.717, 1.165) is 48.3 Å². The Morgan fingerprint density at radius 1 is 1.27 bits per heavy atom. The van der Waals surface area contributed by atoms with Gasteiger partial charge in [0.25, 0.3) is 0 Å². The lowest BCUT2D eigenvalue weighted by Crippen LogP contribution is -2.50. The number of carbonyl (C=O) groups is 2. The number of hydrogen-bond donors (Lipinski definition) is 2. The maximum Gasteiger partial charge on any atom is 0.410 e. The molecule has 2 atom stereocenters. The molecular formula is C33H46ClN7O3. The number of hydrogen-bond acceptors (Lipinski definition) is 7. The molecule has 1 fully saturated rings. The fourth-order valence-corrected chi connectivity index (χ4v) is 5.37.